The predicted molar refractivity (Wildman–Crippen MR) is 98.2 cm³/mol. The number of rotatable bonds is 3. The van der Waals surface area contributed by atoms with E-state index in [9.17, 15) is 0 Å². The molecule has 1 aromatic rings. The molecule has 5 atom stereocenters. The van der Waals surface area contributed by atoms with Gasteiger partial charge in [0.2, 0.25) is 5.95 Å². The maximum Gasteiger partial charge on any atom is 0.224 e. The maximum absolute atomic E-state index is 4.80. The summed E-state index contributed by atoms with van der Waals surface area (Å²) in [5.41, 5.74) is 0.501. The summed E-state index contributed by atoms with van der Waals surface area (Å²) in [6.07, 6.45) is 3.14. The lowest BCUT2D eigenvalue weighted by atomic mass is 9.40. The lowest BCUT2D eigenvalue weighted by molar-refractivity contribution is -0.161. The van der Waals surface area contributed by atoms with E-state index >= 15 is 0 Å². The standard InChI is InChI=1S/C19H31N5/c1-12-14-11-15(13(2)17(12)19(14,3)4)22-18-21-6-5-16(23-18)24-9-7-20-8-10-24/h5-6,12-15,17,20H,7-11H2,1-4H3,(H,21,22,23)/t12?,13-,14+,15+,17+/m1/s1. The monoisotopic (exact) mass is 329 g/mol. The van der Waals surface area contributed by atoms with Gasteiger partial charge in [-0.2, -0.15) is 4.98 Å². The average molecular weight is 329 g/mol. The van der Waals surface area contributed by atoms with Crippen molar-refractivity contribution in [3.63, 3.8) is 0 Å². The second-order valence-corrected chi connectivity index (χ2v) is 8.63. The molecule has 0 spiro atoms. The van der Waals surface area contributed by atoms with Crippen molar-refractivity contribution in [1.82, 2.24) is 15.3 Å². The van der Waals surface area contributed by atoms with Gasteiger partial charge in [0.1, 0.15) is 5.82 Å². The Balaban J connectivity index is 1.46. The molecule has 132 valence electrons. The largest absolute Gasteiger partial charge is 0.354 e. The molecule has 5 nitrogen and oxygen atoms in total. The summed E-state index contributed by atoms with van der Waals surface area (Å²) >= 11 is 0. The number of hydrogen-bond acceptors (Lipinski definition) is 5. The summed E-state index contributed by atoms with van der Waals surface area (Å²) in [5, 5.41) is 7.06. The number of piperazine rings is 1. The molecule has 1 unspecified atom stereocenters. The third-order valence-electron chi connectivity index (χ3n) is 7.12. The molecule has 5 rings (SSSR count). The van der Waals surface area contributed by atoms with E-state index in [1.807, 2.05) is 12.3 Å². The molecule has 4 aliphatic rings. The molecular formula is C19H31N5. The van der Waals surface area contributed by atoms with Crippen molar-refractivity contribution in [2.45, 2.75) is 40.2 Å². The summed E-state index contributed by atoms with van der Waals surface area (Å²) in [6.45, 7) is 13.9. The van der Waals surface area contributed by atoms with Crippen LogP contribution in [0.2, 0.25) is 0 Å². The lowest BCUT2D eigenvalue weighted by Gasteiger charge is -2.66. The fourth-order valence-corrected chi connectivity index (χ4v) is 5.99. The summed E-state index contributed by atoms with van der Waals surface area (Å²) in [6, 6.07) is 2.53. The molecule has 24 heavy (non-hydrogen) atoms. The normalized spacial score (nSPS) is 37.7. The minimum atomic E-state index is 0.501. The number of aromatic nitrogens is 2. The van der Waals surface area contributed by atoms with E-state index in [2.05, 4.69) is 48.2 Å². The van der Waals surface area contributed by atoms with Gasteiger partial charge in [0, 0.05) is 38.4 Å². The number of anilines is 2. The van der Waals surface area contributed by atoms with Gasteiger partial charge in [0.25, 0.3) is 0 Å². The second kappa shape index (κ2) is 5.87. The van der Waals surface area contributed by atoms with Gasteiger partial charge in [-0.3, -0.25) is 0 Å². The Hall–Kier alpha value is -1.36. The SMILES string of the molecule is CC1[C@@H]2C[C@H](Nc3nccc(N4CCNCC4)n3)[C@@H](C)[C@H]1C2(C)C. The van der Waals surface area contributed by atoms with Crippen molar-refractivity contribution in [2.24, 2.45) is 29.1 Å². The van der Waals surface area contributed by atoms with Crippen LogP contribution in [0.1, 0.15) is 34.1 Å². The first-order valence-electron chi connectivity index (χ1n) is 9.53. The first kappa shape index (κ1) is 16.1. The minimum Gasteiger partial charge on any atom is -0.354 e. The van der Waals surface area contributed by atoms with Crippen LogP contribution in [0.4, 0.5) is 11.8 Å². The van der Waals surface area contributed by atoms with Crippen LogP contribution in [-0.4, -0.2) is 42.2 Å². The highest BCUT2D eigenvalue weighted by molar-refractivity contribution is 5.43. The van der Waals surface area contributed by atoms with Gasteiger partial charge in [0.05, 0.1) is 0 Å². The molecule has 2 heterocycles. The number of nitrogens with zero attached hydrogens (tertiary/aromatic N) is 3. The van der Waals surface area contributed by atoms with Crippen molar-refractivity contribution in [1.29, 1.82) is 0 Å². The maximum atomic E-state index is 4.80. The fourth-order valence-electron chi connectivity index (χ4n) is 5.99. The van der Waals surface area contributed by atoms with Gasteiger partial charge >= 0.3 is 0 Å². The lowest BCUT2D eigenvalue weighted by Crippen LogP contribution is -2.63. The number of fused-ring (bicyclic) bond motifs is 2. The predicted octanol–water partition coefficient (Wildman–Crippen LogP) is 2.61. The summed E-state index contributed by atoms with van der Waals surface area (Å²) in [4.78, 5) is 11.6. The highest BCUT2D eigenvalue weighted by Gasteiger charge is 2.60. The summed E-state index contributed by atoms with van der Waals surface area (Å²) in [5.74, 6) is 5.02. The number of hydrogen-bond donors (Lipinski definition) is 2. The van der Waals surface area contributed by atoms with Crippen LogP contribution in [0.5, 0.6) is 0 Å². The van der Waals surface area contributed by atoms with Crippen molar-refractivity contribution in [3.05, 3.63) is 12.3 Å². The van der Waals surface area contributed by atoms with Crippen LogP contribution >= 0.6 is 0 Å². The Morgan fingerprint density at radius 2 is 1.96 bits per heavy atom. The molecule has 1 aliphatic heterocycles. The molecule has 0 radical (unpaired) electrons. The van der Waals surface area contributed by atoms with Crippen LogP contribution in [-0.2, 0) is 0 Å². The van der Waals surface area contributed by atoms with Gasteiger partial charge in [-0.25, -0.2) is 4.98 Å². The van der Waals surface area contributed by atoms with Gasteiger partial charge in [0.15, 0.2) is 0 Å². The third-order valence-corrected chi connectivity index (χ3v) is 7.12. The van der Waals surface area contributed by atoms with Gasteiger partial charge in [-0.05, 0) is 41.6 Å². The van der Waals surface area contributed by atoms with Gasteiger partial charge in [-0.1, -0.05) is 27.7 Å². The molecule has 2 N–H and O–H groups in total. The Kier molecular flexibility index (Phi) is 3.94. The molecule has 1 aromatic heterocycles. The molecule has 2 bridgehead atoms. The molecule has 3 saturated carbocycles. The van der Waals surface area contributed by atoms with E-state index in [1.54, 1.807) is 0 Å². The van der Waals surface area contributed by atoms with Crippen LogP contribution in [0.15, 0.2) is 12.3 Å². The van der Waals surface area contributed by atoms with Crippen molar-refractivity contribution in [3.8, 4) is 0 Å². The van der Waals surface area contributed by atoms with E-state index in [4.69, 9.17) is 4.98 Å². The molecule has 0 amide bonds. The summed E-state index contributed by atoms with van der Waals surface area (Å²) in [7, 11) is 0. The third kappa shape index (κ3) is 2.48. The molecule has 3 aliphatic carbocycles. The zero-order chi connectivity index (χ0) is 16.9. The quantitative estimate of drug-likeness (QED) is 0.893. The van der Waals surface area contributed by atoms with E-state index < -0.39 is 0 Å². The van der Waals surface area contributed by atoms with Crippen molar-refractivity contribution >= 4 is 11.8 Å². The Morgan fingerprint density at radius 1 is 1.21 bits per heavy atom. The van der Waals surface area contributed by atoms with E-state index in [0.29, 0.717) is 17.4 Å². The zero-order valence-corrected chi connectivity index (χ0v) is 15.4. The summed E-state index contributed by atoms with van der Waals surface area (Å²) < 4.78 is 0. The Labute approximate surface area is 145 Å². The van der Waals surface area contributed by atoms with Crippen molar-refractivity contribution in [2.75, 3.05) is 36.4 Å². The minimum absolute atomic E-state index is 0.501. The highest BCUT2D eigenvalue weighted by atomic mass is 15.3. The van der Waals surface area contributed by atoms with Crippen LogP contribution in [0.25, 0.3) is 0 Å². The smallest absolute Gasteiger partial charge is 0.224 e. The van der Waals surface area contributed by atoms with Gasteiger partial charge in [-0.15, -0.1) is 0 Å². The van der Waals surface area contributed by atoms with Crippen LogP contribution in [0, 0.1) is 29.1 Å². The highest BCUT2D eigenvalue weighted by Crippen LogP contribution is 2.64. The molecule has 0 aromatic carbocycles. The Bertz CT molecular complexity index is 595. The van der Waals surface area contributed by atoms with E-state index in [0.717, 1.165) is 55.7 Å². The van der Waals surface area contributed by atoms with E-state index in [1.165, 1.54) is 6.42 Å². The molecule has 4 fully saturated rings. The topological polar surface area (TPSA) is 53.1 Å². The molecule has 5 heteroatoms. The molecular weight excluding hydrogens is 298 g/mol. The zero-order valence-electron chi connectivity index (χ0n) is 15.4. The van der Waals surface area contributed by atoms with E-state index in [-0.39, 0.29) is 0 Å². The number of nitrogens with one attached hydrogen (secondary N) is 2. The van der Waals surface area contributed by atoms with Crippen molar-refractivity contribution < 1.29 is 0 Å². The second-order valence-electron chi connectivity index (χ2n) is 8.63. The average Bonchev–Trinajstić information content (AvgIpc) is 2.58. The van der Waals surface area contributed by atoms with Crippen LogP contribution in [0.3, 0.4) is 0 Å². The first-order valence-corrected chi connectivity index (χ1v) is 9.53. The van der Waals surface area contributed by atoms with Crippen LogP contribution < -0.4 is 15.5 Å². The first-order chi connectivity index (χ1) is 11.5. The fraction of sp³-hybridized carbons (Fsp3) is 0.789. The molecule has 1 saturated heterocycles. The van der Waals surface area contributed by atoms with Gasteiger partial charge < -0.3 is 15.5 Å². The Morgan fingerprint density at radius 3 is 2.62 bits per heavy atom.